The molecule has 10 aromatic rings. The summed E-state index contributed by atoms with van der Waals surface area (Å²) in [5.74, 6) is 0. The molecule has 2 nitrogen and oxygen atoms in total. The fourth-order valence-electron chi connectivity index (χ4n) is 7.05. The van der Waals surface area contributed by atoms with Gasteiger partial charge in [-0.3, -0.25) is 0 Å². The van der Waals surface area contributed by atoms with Crippen LogP contribution in [0.2, 0.25) is 0 Å². The Balaban J connectivity index is 1.33. The molecule has 10 rings (SSSR count). The molecule has 3 aromatic heterocycles. The predicted octanol–water partition coefficient (Wildman–Crippen LogP) is 13.5. The molecule has 0 unspecified atom stereocenters. The molecule has 0 saturated heterocycles. The van der Waals surface area contributed by atoms with Gasteiger partial charge < -0.3 is 9.32 Å². The lowest BCUT2D eigenvalue weighted by molar-refractivity contribution is 0.669. The Kier molecular flexibility index (Phi) is 5.65. The van der Waals surface area contributed by atoms with Crippen LogP contribution in [0.4, 0.5) is 17.1 Å². The van der Waals surface area contributed by atoms with Gasteiger partial charge >= 0.3 is 0 Å². The number of furan rings is 1. The Morgan fingerprint density at radius 1 is 0.435 bits per heavy atom. The summed E-state index contributed by atoms with van der Waals surface area (Å²) in [6.07, 6.45) is 0. The normalized spacial score (nSPS) is 11.9. The van der Waals surface area contributed by atoms with Crippen molar-refractivity contribution in [1.29, 1.82) is 0 Å². The highest BCUT2D eigenvalue weighted by molar-refractivity contribution is 7.26. The number of hydrogen-bond acceptors (Lipinski definition) is 4. The Hall–Kier alpha value is -5.42. The highest BCUT2D eigenvalue weighted by Crippen LogP contribution is 2.51. The van der Waals surface area contributed by atoms with Crippen molar-refractivity contribution in [3.63, 3.8) is 0 Å². The molecule has 0 aliphatic rings. The van der Waals surface area contributed by atoms with E-state index in [4.69, 9.17) is 4.42 Å². The van der Waals surface area contributed by atoms with Gasteiger partial charge in [0.2, 0.25) is 0 Å². The molecule has 0 saturated carbocycles. The van der Waals surface area contributed by atoms with Crippen LogP contribution >= 0.6 is 22.7 Å². The number of thiophene rings is 2. The predicted molar refractivity (Wildman–Crippen MR) is 200 cm³/mol. The molecule has 0 aliphatic carbocycles. The van der Waals surface area contributed by atoms with E-state index in [9.17, 15) is 0 Å². The van der Waals surface area contributed by atoms with Crippen molar-refractivity contribution in [2.24, 2.45) is 0 Å². The van der Waals surface area contributed by atoms with E-state index >= 15 is 0 Å². The summed E-state index contributed by atoms with van der Waals surface area (Å²) < 4.78 is 11.6. The Labute approximate surface area is 273 Å². The summed E-state index contributed by atoms with van der Waals surface area (Å²) >= 11 is 3.73. The smallest absolute Gasteiger partial charge is 0.137 e. The minimum Gasteiger partial charge on any atom is -0.456 e. The minimum absolute atomic E-state index is 0.888. The first-order chi connectivity index (χ1) is 22.8. The van der Waals surface area contributed by atoms with Crippen LogP contribution in [0.25, 0.3) is 73.4 Å². The SMILES string of the molecule is c1ccc(-c2ccc(N(c3ccc4c(c3)sc3ccccc34)c3cccc4oc5ccccc5c34)c3c2sc2ccccc23)cc1. The van der Waals surface area contributed by atoms with Crippen LogP contribution in [0.5, 0.6) is 0 Å². The van der Waals surface area contributed by atoms with Gasteiger partial charge in [-0.15, -0.1) is 22.7 Å². The number of fused-ring (bicyclic) bond motifs is 9. The van der Waals surface area contributed by atoms with E-state index in [1.165, 1.54) is 51.5 Å². The van der Waals surface area contributed by atoms with Crippen molar-refractivity contribution in [1.82, 2.24) is 0 Å². The lowest BCUT2D eigenvalue weighted by atomic mass is 9.99. The molecule has 46 heavy (non-hydrogen) atoms. The molecular weight excluding hydrogens is 599 g/mol. The van der Waals surface area contributed by atoms with Crippen molar-refractivity contribution in [2.45, 2.75) is 0 Å². The molecule has 3 heterocycles. The molecule has 0 amide bonds. The third-order valence-electron chi connectivity index (χ3n) is 9.07. The molecule has 0 bridgehead atoms. The van der Waals surface area contributed by atoms with Crippen LogP contribution in [-0.2, 0) is 0 Å². The number of anilines is 3. The van der Waals surface area contributed by atoms with Gasteiger partial charge in [-0.2, -0.15) is 0 Å². The first-order valence-electron chi connectivity index (χ1n) is 15.4. The standard InChI is InChI=1S/C42H25NOS2/c1-2-11-26(12-3-1)28-23-24-34(41-32-15-6-9-20-38(32)46-42(28)41)43(27-21-22-30-29-13-5-8-19-37(29)45-39(30)25-27)33-16-10-18-36-40(33)31-14-4-7-17-35(31)44-36/h1-25H. The van der Waals surface area contributed by atoms with Crippen LogP contribution in [-0.4, -0.2) is 0 Å². The second-order valence-electron chi connectivity index (χ2n) is 11.7. The van der Waals surface area contributed by atoms with E-state index in [0.29, 0.717) is 0 Å². The third-order valence-corrected chi connectivity index (χ3v) is 11.4. The Morgan fingerprint density at radius 2 is 1.11 bits per heavy atom. The van der Waals surface area contributed by atoms with Gasteiger partial charge in [0.05, 0.1) is 16.8 Å². The second-order valence-corrected chi connectivity index (χ2v) is 13.8. The number of rotatable bonds is 4. The maximum Gasteiger partial charge on any atom is 0.137 e. The minimum atomic E-state index is 0.888. The van der Waals surface area contributed by atoms with Crippen LogP contribution in [0.3, 0.4) is 0 Å². The van der Waals surface area contributed by atoms with Gasteiger partial charge in [-0.25, -0.2) is 0 Å². The van der Waals surface area contributed by atoms with Gasteiger partial charge in [0.15, 0.2) is 0 Å². The van der Waals surface area contributed by atoms with E-state index in [-0.39, 0.29) is 0 Å². The van der Waals surface area contributed by atoms with E-state index in [1.54, 1.807) is 0 Å². The molecule has 0 radical (unpaired) electrons. The summed E-state index contributed by atoms with van der Waals surface area (Å²) in [6, 6.07) is 54.7. The van der Waals surface area contributed by atoms with Crippen LogP contribution in [0.15, 0.2) is 156 Å². The first-order valence-corrected chi connectivity index (χ1v) is 17.1. The second kappa shape index (κ2) is 10.0. The van der Waals surface area contributed by atoms with Gasteiger partial charge in [0.1, 0.15) is 11.2 Å². The molecular formula is C42H25NOS2. The topological polar surface area (TPSA) is 16.4 Å². The van der Waals surface area contributed by atoms with Gasteiger partial charge in [-0.05, 0) is 59.7 Å². The first kappa shape index (κ1) is 25.9. The highest BCUT2D eigenvalue weighted by Gasteiger charge is 2.24. The van der Waals surface area contributed by atoms with Crippen molar-refractivity contribution in [3.05, 3.63) is 152 Å². The molecule has 4 heteroatoms. The zero-order valence-electron chi connectivity index (χ0n) is 24.6. The highest BCUT2D eigenvalue weighted by atomic mass is 32.1. The fraction of sp³-hybridized carbons (Fsp3) is 0. The van der Waals surface area contributed by atoms with Crippen molar-refractivity contribution >= 4 is 102 Å². The van der Waals surface area contributed by atoms with E-state index in [2.05, 4.69) is 150 Å². The molecule has 0 spiro atoms. The Bertz CT molecular complexity index is 2770. The van der Waals surface area contributed by atoms with Crippen LogP contribution in [0.1, 0.15) is 0 Å². The monoisotopic (exact) mass is 623 g/mol. The number of nitrogens with zero attached hydrogens (tertiary/aromatic N) is 1. The quantitative estimate of drug-likeness (QED) is 0.194. The summed E-state index contributed by atoms with van der Waals surface area (Å²) in [4.78, 5) is 2.46. The molecule has 0 fully saturated rings. The third kappa shape index (κ3) is 3.81. The molecule has 0 N–H and O–H groups in total. The maximum atomic E-state index is 6.42. The van der Waals surface area contributed by atoms with Gasteiger partial charge in [0.25, 0.3) is 0 Å². The number of para-hydroxylation sites is 1. The zero-order valence-corrected chi connectivity index (χ0v) is 26.2. The molecule has 7 aromatic carbocycles. The van der Waals surface area contributed by atoms with Gasteiger partial charge in [-0.1, -0.05) is 103 Å². The van der Waals surface area contributed by atoms with Crippen LogP contribution in [0, 0.1) is 0 Å². The molecule has 216 valence electrons. The maximum absolute atomic E-state index is 6.42. The van der Waals surface area contributed by atoms with Crippen molar-refractivity contribution in [3.8, 4) is 11.1 Å². The van der Waals surface area contributed by atoms with Gasteiger partial charge in [0, 0.05) is 51.4 Å². The summed E-state index contributed by atoms with van der Waals surface area (Å²) in [7, 11) is 0. The van der Waals surface area contributed by atoms with E-state index in [0.717, 1.165) is 39.0 Å². The number of benzene rings is 7. The lowest BCUT2D eigenvalue weighted by Crippen LogP contribution is -2.10. The summed E-state index contributed by atoms with van der Waals surface area (Å²) in [5.41, 5.74) is 7.66. The Morgan fingerprint density at radius 3 is 1.98 bits per heavy atom. The molecule has 0 aliphatic heterocycles. The van der Waals surface area contributed by atoms with Crippen molar-refractivity contribution < 1.29 is 4.42 Å². The molecule has 0 atom stereocenters. The van der Waals surface area contributed by atoms with E-state index < -0.39 is 0 Å². The fourth-order valence-corrected chi connectivity index (χ4v) is 9.44. The largest absolute Gasteiger partial charge is 0.456 e. The summed E-state index contributed by atoms with van der Waals surface area (Å²) in [6.45, 7) is 0. The zero-order chi connectivity index (χ0) is 30.2. The van der Waals surface area contributed by atoms with Crippen LogP contribution < -0.4 is 4.90 Å². The average molecular weight is 624 g/mol. The summed E-state index contributed by atoms with van der Waals surface area (Å²) in [5, 5.41) is 7.38. The van der Waals surface area contributed by atoms with E-state index in [1.807, 2.05) is 28.7 Å². The van der Waals surface area contributed by atoms with Crippen molar-refractivity contribution in [2.75, 3.05) is 4.90 Å². The average Bonchev–Trinajstić information content (AvgIpc) is 3.80. The lowest BCUT2D eigenvalue weighted by Gasteiger charge is -2.28. The number of hydrogen-bond donors (Lipinski definition) is 0.